The molecule has 0 bridgehead atoms. The summed E-state index contributed by atoms with van der Waals surface area (Å²) in [5.74, 6) is 0.467. The number of aliphatic hydroxyl groups excluding tert-OH is 1. The lowest BCUT2D eigenvalue weighted by atomic mass is 9.91. The minimum Gasteiger partial charge on any atom is -0.395 e. The molecule has 1 fully saturated rings. The molecule has 90 valence electrons. The van der Waals surface area contributed by atoms with Crippen molar-refractivity contribution in [2.24, 2.45) is 5.92 Å². The van der Waals surface area contributed by atoms with E-state index >= 15 is 0 Å². The molecule has 3 heteroatoms. The van der Waals surface area contributed by atoms with Crippen molar-refractivity contribution in [1.29, 1.82) is 0 Å². The zero-order valence-electron chi connectivity index (χ0n) is 10.2. The molecule has 1 saturated carbocycles. The summed E-state index contributed by atoms with van der Waals surface area (Å²) in [5.41, 5.74) is 0. The molecule has 0 aliphatic heterocycles. The molecule has 0 amide bonds. The van der Waals surface area contributed by atoms with Crippen LogP contribution in [-0.4, -0.2) is 37.0 Å². The summed E-state index contributed by atoms with van der Waals surface area (Å²) in [4.78, 5) is 0. The average molecular weight is 215 g/mol. The molecule has 1 aliphatic carbocycles. The first-order chi connectivity index (χ1) is 7.19. The van der Waals surface area contributed by atoms with E-state index in [1.54, 1.807) is 7.11 Å². The summed E-state index contributed by atoms with van der Waals surface area (Å²) in [6.07, 6.45) is 5.17. The predicted molar refractivity (Wildman–Crippen MR) is 61.9 cm³/mol. The van der Waals surface area contributed by atoms with E-state index in [1.165, 1.54) is 19.3 Å². The number of aliphatic hydroxyl groups is 1. The molecule has 0 radical (unpaired) electrons. The largest absolute Gasteiger partial charge is 0.395 e. The fourth-order valence-electron chi connectivity index (χ4n) is 2.30. The van der Waals surface area contributed by atoms with Crippen molar-refractivity contribution >= 4 is 0 Å². The van der Waals surface area contributed by atoms with Gasteiger partial charge in [-0.1, -0.05) is 26.7 Å². The van der Waals surface area contributed by atoms with Gasteiger partial charge in [-0.2, -0.15) is 0 Å². The molecule has 3 atom stereocenters. The lowest BCUT2D eigenvalue weighted by Gasteiger charge is -2.35. The van der Waals surface area contributed by atoms with Gasteiger partial charge in [0.1, 0.15) is 0 Å². The Morgan fingerprint density at radius 3 is 2.53 bits per heavy atom. The monoisotopic (exact) mass is 215 g/mol. The molecule has 15 heavy (non-hydrogen) atoms. The van der Waals surface area contributed by atoms with Crippen molar-refractivity contribution in [3.05, 3.63) is 0 Å². The van der Waals surface area contributed by atoms with Gasteiger partial charge in [-0.05, 0) is 18.8 Å². The summed E-state index contributed by atoms with van der Waals surface area (Å²) in [6.45, 7) is 4.49. The Morgan fingerprint density at radius 1 is 1.33 bits per heavy atom. The van der Waals surface area contributed by atoms with Gasteiger partial charge >= 0.3 is 0 Å². The summed E-state index contributed by atoms with van der Waals surface area (Å²) >= 11 is 0. The third-order valence-corrected chi connectivity index (χ3v) is 3.43. The predicted octanol–water partition coefficient (Wildman–Crippen LogP) is 1.55. The van der Waals surface area contributed by atoms with Gasteiger partial charge in [-0.15, -0.1) is 0 Å². The van der Waals surface area contributed by atoms with Crippen molar-refractivity contribution in [2.45, 2.75) is 57.7 Å². The van der Waals surface area contributed by atoms with E-state index in [0.29, 0.717) is 18.1 Å². The van der Waals surface area contributed by atoms with Crippen molar-refractivity contribution < 1.29 is 9.84 Å². The van der Waals surface area contributed by atoms with Crippen LogP contribution in [0.5, 0.6) is 0 Å². The zero-order chi connectivity index (χ0) is 11.3. The number of hydrogen-bond acceptors (Lipinski definition) is 3. The normalized spacial score (nSPS) is 29.4. The fraction of sp³-hybridized carbons (Fsp3) is 1.00. The SMILES string of the molecule is COC1CCCCC1NC(CO)C(C)C. The Bertz CT molecular complexity index is 173. The standard InChI is InChI=1S/C12H25NO2/c1-9(2)11(8-14)13-10-6-4-5-7-12(10)15-3/h9-14H,4-8H2,1-3H3. The van der Waals surface area contributed by atoms with Crippen LogP contribution in [0.15, 0.2) is 0 Å². The Kier molecular flexibility index (Phi) is 5.58. The second-order valence-corrected chi connectivity index (χ2v) is 4.86. The van der Waals surface area contributed by atoms with Crippen LogP contribution < -0.4 is 5.32 Å². The van der Waals surface area contributed by atoms with E-state index in [-0.39, 0.29) is 12.6 Å². The van der Waals surface area contributed by atoms with Crippen LogP contribution in [0.1, 0.15) is 39.5 Å². The highest BCUT2D eigenvalue weighted by Crippen LogP contribution is 2.21. The van der Waals surface area contributed by atoms with Crippen molar-refractivity contribution in [1.82, 2.24) is 5.32 Å². The molecule has 3 unspecified atom stereocenters. The maximum absolute atomic E-state index is 9.28. The molecule has 0 aromatic heterocycles. The first-order valence-corrected chi connectivity index (χ1v) is 6.08. The average Bonchev–Trinajstić information content (AvgIpc) is 2.25. The van der Waals surface area contributed by atoms with E-state index in [9.17, 15) is 5.11 Å². The van der Waals surface area contributed by atoms with Gasteiger partial charge in [0.25, 0.3) is 0 Å². The molecule has 1 aliphatic rings. The number of hydrogen-bond donors (Lipinski definition) is 2. The van der Waals surface area contributed by atoms with Gasteiger partial charge in [0.15, 0.2) is 0 Å². The molecular weight excluding hydrogens is 190 g/mol. The van der Waals surface area contributed by atoms with Crippen LogP contribution >= 0.6 is 0 Å². The first kappa shape index (κ1) is 12.9. The van der Waals surface area contributed by atoms with Crippen LogP contribution in [0.25, 0.3) is 0 Å². The third-order valence-electron chi connectivity index (χ3n) is 3.43. The molecule has 0 heterocycles. The van der Waals surface area contributed by atoms with E-state index in [1.807, 2.05) is 0 Å². The first-order valence-electron chi connectivity index (χ1n) is 6.08. The number of ether oxygens (including phenoxy) is 1. The minimum absolute atomic E-state index is 0.200. The molecule has 2 N–H and O–H groups in total. The highest BCUT2D eigenvalue weighted by Gasteiger charge is 2.27. The molecule has 0 spiro atoms. The highest BCUT2D eigenvalue weighted by atomic mass is 16.5. The summed E-state index contributed by atoms with van der Waals surface area (Å²) in [5, 5.41) is 12.8. The Balaban J connectivity index is 2.46. The minimum atomic E-state index is 0.200. The van der Waals surface area contributed by atoms with Gasteiger partial charge in [0.05, 0.1) is 12.7 Å². The van der Waals surface area contributed by atoms with Crippen LogP contribution in [0.2, 0.25) is 0 Å². The maximum Gasteiger partial charge on any atom is 0.0724 e. The van der Waals surface area contributed by atoms with E-state index < -0.39 is 0 Å². The molecular formula is C12H25NO2. The second kappa shape index (κ2) is 6.46. The van der Waals surface area contributed by atoms with E-state index in [0.717, 1.165) is 6.42 Å². The lowest BCUT2D eigenvalue weighted by Crippen LogP contribution is -2.50. The van der Waals surface area contributed by atoms with E-state index in [4.69, 9.17) is 4.74 Å². The third kappa shape index (κ3) is 3.74. The molecule has 0 aromatic carbocycles. The van der Waals surface area contributed by atoms with Gasteiger partial charge in [-0.3, -0.25) is 0 Å². The molecule has 0 aromatic rings. The Morgan fingerprint density at radius 2 is 2.00 bits per heavy atom. The number of rotatable bonds is 5. The van der Waals surface area contributed by atoms with Crippen molar-refractivity contribution in [3.8, 4) is 0 Å². The van der Waals surface area contributed by atoms with Crippen LogP contribution in [-0.2, 0) is 4.74 Å². The number of methoxy groups -OCH3 is 1. The number of nitrogens with one attached hydrogen (secondary N) is 1. The summed E-state index contributed by atoms with van der Waals surface area (Å²) in [7, 11) is 1.79. The molecule has 0 saturated heterocycles. The lowest BCUT2D eigenvalue weighted by molar-refractivity contribution is 0.0311. The van der Waals surface area contributed by atoms with Gasteiger partial charge in [0.2, 0.25) is 0 Å². The Hall–Kier alpha value is -0.120. The Labute approximate surface area is 93.2 Å². The fourth-order valence-corrected chi connectivity index (χ4v) is 2.30. The zero-order valence-corrected chi connectivity index (χ0v) is 10.2. The van der Waals surface area contributed by atoms with Crippen LogP contribution in [0.4, 0.5) is 0 Å². The highest BCUT2D eigenvalue weighted by molar-refractivity contribution is 4.85. The van der Waals surface area contributed by atoms with Gasteiger partial charge < -0.3 is 15.2 Å². The van der Waals surface area contributed by atoms with Crippen molar-refractivity contribution in [3.63, 3.8) is 0 Å². The second-order valence-electron chi connectivity index (χ2n) is 4.86. The maximum atomic E-state index is 9.28. The smallest absolute Gasteiger partial charge is 0.0724 e. The quantitative estimate of drug-likeness (QED) is 0.731. The molecule has 1 rings (SSSR count). The van der Waals surface area contributed by atoms with Crippen LogP contribution in [0, 0.1) is 5.92 Å². The van der Waals surface area contributed by atoms with E-state index in [2.05, 4.69) is 19.2 Å². The summed E-state index contributed by atoms with van der Waals surface area (Å²) in [6, 6.07) is 0.619. The van der Waals surface area contributed by atoms with Crippen LogP contribution in [0.3, 0.4) is 0 Å². The van der Waals surface area contributed by atoms with Gasteiger partial charge in [0, 0.05) is 19.2 Å². The molecule has 3 nitrogen and oxygen atoms in total. The van der Waals surface area contributed by atoms with Crippen molar-refractivity contribution in [2.75, 3.05) is 13.7 Å². The topological polar surface area (TPSA) is 41.5 Å². The summed E-state index contributed by atoms with van der Waals surface area (Å²) < 4.78 is 5.48. The van der Waals surface area contributed by atoms with Gasteiger partial charge in [-0.25, -0.2) is 0 Å².